The third-order valence-electron chi connectivity index (χ3n) is 7.43. The quantitative estimate of drug-likeness (QED) is 0.761. The van der Waals surface area contributed by atoms with Gasteiger partial charge in [-0.3, -0.25) is 4.79 Å². The van der Waals surface area contributed by atoms with E-state index in [0.29, 0.717) is 19.4 Å². The van der Waals surface area contributed by atoms with E-state index in [0.717, 1.165) is 29.4 Å². The number of fused-ring (bicyclic) bond motifs is 4. The fourth-order valence-electron chi connectivity index (χ4n) is 5.71. The number of hydrogen-bond acceptors (Lipinski definition) is 3. The van der Waals surface area contributed by atoms with Crippen molar-refractivity contribution in [2.24, 2.45) is 5.92 Å². The summed E-state index contributed by atoms with van der Waals surface area (Å²) < 4.78 is 33.9. The number of nitrogens with one attached hydrogen (secondary N) is 1. The molecule has 1 N–H and O–H groups in total. The Morgan fingerprint density at radius 1 is 1.18 bits per heavy atom. The Balaban J connectivity index is 1.25. The number of halogens is 2. The van der Waals surface area contributed by atoms with Gasteiger partial charge in [0.15, 0.2) is 11.6 Å². The Morgan fingerprint density at radius 3 is 2.61 bits per heavy atom. The molecule has 2 aliphatic heterocycles. The van der Waals surface area contributed by atoms with Crippen molar-refractivity contribution in [2.45, 2.75) is 30.8 Å². The highest BCUT2D eigenvalue weighted by Gasteiger charge is 2.58. The first-order chi connectivity index (χ1) is 15.9. The summed E-state index contributed by atoms with van der Waals surface area (Å²) in [6.45, 7) is 0.436. The maximum absolute atomic E-state index is 14.7. The van der Waals surface area contributed by atoms with Crippen LogP contribution in [0.3, 0.4) is 0 Å². The van der Waals surface area contributed by atoms with Gasteiger partial charge < -0.3 is 19.9 Å². The maximum atomic E-state index is 14.7. The van der Waals surface area contributed by atoms with Crippen molar-refractivity contribution in [2.75, 3.05) is 25.5 Å². The lowest BCUT2D eigenvalue weighted by Gasteiger charge is -2.39. The molecule has 2 aliphatic carbocycles. The average Bonchev–Trinajstić information content (AvgIpc) is 3.31. The molecule has 170 valence electrons. The summed E-state index contributed by atoms with van der Waals surface area (Å²) in [7, 11) is 1.62. The highest BCUT2D eigenvalue weighted by molar-refractivity contribution is 5.97. The van der Waals surface area contributed by atoms with Gasteiger partial charge in [-0.25, -0.2) is 13.6 Å². The number of hydrogen-bond donors (Lipinski definition) is 1. The highest BCUT2D eigenvalue weighted by Crippen LogP contribution is 2.56. The van der Waals surface area contributed by atoms with E-state index >= 15 is 0 Å². The first-order valence-electron chi connectivity index (χ1n) is 11.1. The largest absolute Gasteiger partial charge is 0.497 e. The van der Waals surface area contributed by atoms with E-state index in [1.54, 1.807) is 7.11 Å². The maximum Gasteiger partial charge on any atom is 0.323 e. The van der Waals surface area contributed by atoms with Crippen LogP contribution < -0.4 is 10.1 Å². The molecule has 4 aliphatic rings. The van der Waals surface area contributed by atoms with Crippen LogP contribution in [0.1, 0.15) is 30.4 Å². The van der Waals surface area contributed by atoms with Crippen molar-refractivity contribution in [3.8, 4) is 5.75 Å². The van der Waals surface area contributed by atoms with Crippen LogP contribution in [0.5, 0.6) is 5.75 Å². The van der Waals surface area contributed by atoms with E-state index in [2.05, 4.69) is 11.4 Å². The molecule has 6 nitrogen and oxygen atoms in total. The monoisotopic (exact) mass is 451 g/mol. The topological polar surface area (TPSA) is 61.9 Å². The van der Waals surface area contributed by atoms with E-state index < -0.39 is 23.2 Å². The van der Waals surface area contributed by atoms with Gasteiger partial charge in [-0.05, 0) is 60.6 Å². The van der Waals surface area contributed by atoms with Gasteiger partial charge in [0.2, 0.25) is 5.91 Å². The number of anilines is 1. The number of carbonyl (C=O) groups is 2. The fourth-order valence-corrected chi connectivity index (χ4v) is 5.71. The minimum absolute atomic E-state index is 0.0552. The molecular formula is C25H23F2N3O3. The minimum atomic E-state index is -0.951. The third kappa shape index (κ3) is 2.96. The van der Waals surface area contributed by atoms with Gasteiger partial charge in [-0.1, -0.05) is 18.2 Å². The van der Waals surface area contributed by atoms with E-state index in [9.17, 15) is 18.4 Å². The SMILES string of the molecule is COc1ccc(C2=C[C@H]3C[C@@H]2N(C(=O)CN2C(=O)Nc4ccc(F)c(F)c4C24CC4)C3)cc1. The molecule has 0 radical (unpaired) electrons. The summed E-state index contributed by atoms with van der Waals surface area (Å²) in [5, 5.41) is 2.64. The average molecular weight is 451 g/mol. The smallest absolute Gasteiger partial charge is 0.323 e. The van der Waals surface area contributed by atoms with Crippen LogP contribution in [0, 0.1) is 17.6 Å². The van der Waals surface area contributed by atoms with Crippen molar-refractivity contribution in [3.63, 3.8) is 0 Å². The molecule has 2 heterocycles. The number of rotatable bonds is 4. The molecular weight excluding hydrogens is 428 g/mol. The molecule has 1 spiro atoms. The molecule has 2 aromatic rings. The molecule has 33 heavy (non-hydrogen) atoms. The Labute approximate surface area is 189 Å². The number of benzene rings is 2. The van der Waals surface area contributed by atoms with Crippen LogP contribution in [0.4, 0.5) is 19.3 Å². The number of nitrogens with zero attached hydrogens (tertiary/aromatic N) is 2. The molecule has 3 amide bonds. The molecule has 1 saturated carbocycles. The zero-order chi connectivity index (χ0) is 22.9. The second-order valence-electron chi connectivity index (χ2n) is 9.24. The summed E-state index contributed by atoms with van der Waals surface area (Å²) in [5.41, 5.74) is 1.63. The Morgan fingerprint density at radius 2 is 1.94 bits per heavy atom. The molecule has 2 fully saturated rings. The fraction of sp³-hybridized carbons (Fsp3) is 0.360. The lowest BCUT2D eigenvalue weighted by molar-refractivity contribution is -0.132. The number of methoxy groups -OCH3 is 1. The molecule has 6 rings (SSSR count). The third-order valence-corrected chi connectivity index (χ3v) is 7.43. The standard InChI is InChI=1S/C25H23F2N3O3/c1-33-16-4-2-15(3-5-16)17-10-14-11-20(17)29(12-14)21(31)13-30-24(32)28-19-7-6-18(26)23(27)22(19)25(30)8-9-25/h2-7,10,14,20H,8-9,11-13H2,1H3,(H,28,32)/t14-,20-/m0/s1. The van der Waals surface area contributed by atoms with Crippen LogP contribution in [0.15, 0.2) is 42.5 Å². The van der Waals surface area contributed by atoms with Gasteiger partial charge in [0, 0.05) is 12.1 Å². The van der Waals surface area contributed by atoms with Gasteiger partial charge in [0.25, 0.3) is 0 Å². The van der Waals surface area contributed by atoms with E-state index in [1.807, 2.05) is 29.2 Å². The van der Waals surface area contributed by atoms with Gasteiger partial charge >= 0.3 is 6.03 Å². The van der Waals surface area contributed by atoms with E-state index in [4.69, 9.17) is 4.74 Å². The number of amides is 3. The Bertz CT molecular complexity index is 1210. The molecule has 2 bridgehead atoms. The number of carbonyl (C=O) groups excluding carboxylic acids is 2. The number of urea groups is 1. The summed E-state index contributed by atoms with van der Waals surface area (Å²) >= 11 is 0. The summed E-state index contributed by atoms with van der Waals surface area (Å²) in [5.74, 6) is -1.04. The first-order valence-corrected chi connectivity index (χ1v) is 11.1. The van der Waals surface area contributed by atoms with Crippen LogP contribution in [0.2, 0.25) is 0 Å². The summed E-state index contributed by atoms with van der Waals surface area (Å²) in [6.07, 6.45) is 4.09. The summed E-state index contributed by atoms with van der Waals surface area (Å²) in [6, 6.07) is 9.66. The second-order valence-corrected chi connectivity index (χ2v) is 9.24. The van der Waals surface area contributed by atoms with Crippen molar-refractivity contribution < 1.29 is 23.1 Å². The predicted molar refractivity (Wildman–Crippen MR) is 118 cm³/mol. The Kier molecular flexibility index (Phi) is 4.31. The van der Waals surface area contributed by atoms with Crippen molar-refractivity contribution in [1.29, 1.82) is 0 Å². The van der Waals surface area contributed by atoms with Gasteiger partial charge in [-0.15, -0.1) is 0 Å². The second kappa shape index (κ2) is 7.04. The molecule has 2 aromatic carbocycles. The normalized spacial score (nSPS) is 24.0. The van der Waals surface area contributed by atoms with Crippen molar-refractivity contribution in [1.82, 2.24) is 9.80 Å². The Hall–Kier alpha value is -3.42. The number of ether oxygens (including phenoxy) is 1. The zero-order valence-electron chi connectivity index (χ0n) is 18.1. The van der Waals surface area contributed by atoms with Gasteiger partial charge in [0.05, 0.1) is 24.4 Å². The first kappa shape index (κ1) is 20.2. The predicted octanol–water partition coefficient (Wildman–Crippen LogP) is 4.12. The molecule has 0 unspecified atom stereocenters. The van der Waals surface area contributed by atoms with Crippen molar-refractivity contribution >= 4 is 23.2 Å². The van der Waals surface area contributed by atoms with Crippen LogP contribution in [0.25, 0.3) is 5.57 Å². The number of likely N-dealkylation sites (tertiary alicyclic amines) is 1. The lowest BCUT2D eigenvalue weighted by Crippen LogP contribution is -2.53. The highest BCUT2D eigenvalue weighted by atomic mass is 19.2. The molecule has 0 aromatic heterocycles. The van der Waals surface area contributed by atoms with Crippen LogP contribution in [-0.2, 0) is 10.3 Å². The molecule has 1 saturated heterocycles. The van der Waals surface area contributed by atoms with Crippen LogP contribution >= 0.6 is 0 Å². The molecule has 8 heteroatoms. The van der Waals surface area contributed by atoms with Crippen LogP contribution in [-0.4, -0.2) is 48.0 Å². The van der Waals surface area contributed by atoms with E-state index in [1.165, 1.54) is 11.0 Å². The zero-order valence-corrected chi connectivity index (χ0v) is 18.1. The summed E-state index contributed by atoms with van der Waals surface area (Å²) in [4.78, 5) is 29.5. The van der Waals surface area contributed by atoms with Gasteiger partial charge in [-0.2, -0.15) is 0 Å². The molecule has 2 atom stereocenters. The van der Waals surface area contributed by atoms with E-state index in [-0.39, 0.29) is 35.7 Å². The lowest BCUT2D eigenvalue weighted by atomic mass is 9.97. The van der Waals surface area contributed by atoms with Gasteiger partial charge in [0.1, 0.15) is 12.3 Å². The van der Waals surface area contributed by atoms with Crippen molar-refractivity contribution in [3.05, 3.63) is 65.2 Å². The minimum Gasteiger partial charge on any atom is -0.497 e.